The highest BCUT2D eigenvalue weighted by molar-refractivity contribution is 5.61. The Labute approximate surface area is 162 Å². The number of nitrogens with zero attached hydrogens (tertiary/aromatic N) is 3. The van der Waals surface area contributed by atoms with Crippen molar-refractivity contribution in [2.45, 2.75) is 6.42 Å². The molecule has 3 aromatic rings. The zero-order valence-electron chi connectivity index (χ0n) is 15.5. The molecule has 0 saturated heterocycles. The first-order chi connectivity index (χ1) is 13.8. The number of hydrogen-bond donors (Lipinski definition) is 2. The van der Waals surface area contributed by atoms with Crippen LogP contribution in [0.1, 0.15) is 5.56 Å². The summed E-state index contributed by atoms with van der Waals surface area (Å²) in [6, 6.07) is 13.6. The minimum absolute atomic E-state index is 0.456. The third-order valence-corrected chi connectivity index (χ3v) is 4.24. The Bertz CT molecular complexity index is 951. The minimum atomic E-state index is 0.456. The van der Waals surface area contributed by atoms with Gasteiger partial charge in [0.25, 0.3) is 0 Å². The van der Waals surface area contributed by atoms with Gasteiger partial charge in [0.15, 0.2) is 17.3 Å². The van der Waals surface area contributed by atoms with Gasteiger partial charge in [0.05, 0.1) is 13.3 Å². The van der Waals surface area contributed by atoms with Crippen molar-refractivity contribution in [2.24, 2.45) is 0 Å². The van der Waals surface area contributed by atoms with Gasteiger partial charge >= 0.3 is 0 Å². The molecule has 0 aliphatic carbocycles. The molecule has 1 aliphatic rings. The Morgan fingerprint density at radius 1 is 1.07 bits per heavy atom. The summed E-state index contributed by atoms with van der Waals surface area (Å²) >= 11 is 0. The monoisotopic (exact) mass is 379 g/mol. The third kappa shape index (κ3) is 4.22. The van der Waals surface area contributed by atoms with Crippen molar-refractivity contribution in [3.05, 3.63) is 54.2 Å². The smallest absolute Gasteiger partial charge is 0.244 e. The van der Waals surface area contributed by atoms with Gasteiger partial charge in [-0.2, -0.15) is 10.1 Å². The Morgan fingerprint density at radius 3 is 2.82 bits per heavy atom. The topological polar surface area (TPSA) is 90.4 Å². The Kier molecular flexibility index (Phi) is 5.37. The van der Waals surface area contributed by atoms with Crippen LogP contribution in [0, 0.1) is 0 Å². The molecule has 0 amide bonds. The van der Waals surface area contributed by atoms with Crippen molar-refractivity contribution in [2.75, 3.05) is 37.5 Å². The first kappa shape index (κ1) is 17.8. The Hall–Kier alpha value is -3.55. The van der Waals surface area contributed by atoms with E-state index in [2.05, 4.69) is 25.8 Å². The van der Waals surface area contributed by atoms with E-state index in [0.717, 1.165) is 29.2 Å². The molecule has 0 bridgehead atoms. The lowest BCUT2D eigenvalue weighted by Crippen LogP contribution is -2.15. The van der Waals surface area contributed by atoms with E-state index in [-0.39, 0.29) is 0 Å². The highest BCUT2D eigenvalue weighted by Gasteiger charge is 2.12. The summed E-state index contributed by atoms with van der Waals surface area (Å²) in [7, 11) is 1.67. The second-order valence-corrected chi connectivity index (χ2v) is 6.14. The fourth-order valence-electron chi connectivity index (χ4n) is 2.93. The maximum Gasteiger partial charge on any atom is 0.244 e. The maximum absolute atomic E-state index is 5.60. The zero-order valence-corrected chi connectivity index (χ0v) is 15.5. The van der Waals surface area contributed by atoms with Gasteiger partial charge in [0, 0.05) is 18.3 Å². The van der Waals surface area contributed by atoms with E-state index in [1.54, 1.807) is 13.3 Å². The van der Waals surface area contributed by atoms with E-state index < -0.39 is 0 Å². The maximum atomic E-state index is 5.60. The summed E-state index contributed by atoms with van der Waals surface area (Å²) in [6.45, 7) is 1.78. The molecule has 1 aliphatic heterocycles. The minimum Gasteiger partial charge on any atom is -0.496 e. The number of rotatable bonds is 7. The van der Waals surface area contributed by atoms with Gasteiger partial charge in [-0.15, -0.1) is 5.10 Å². The summed E-state index contributed by atoms with van der Waals surface area (Å²) in [5, 5.41) is 14.5. The summed E-state index contributed by atoms with van der Waals surface area (Å²) in [5.74, 6) is 3.38. The standard InChI is InChI=1S/C20H21N5O3/c1-26-16-5-3-2-4-14(16)8-9-21-20-24-19(13-22-25-20)23-15-6-7-17-18(12-15)28-11-10-27-17/h2-7,12-13H,8-11H2,1H3,(H2,21,23,24,25). The normalized spacial score (nSPS) is 12.3. The number of ether oxygens (including phenoxy) is 3. The van der Waals surface area contributed by atoms with Crippen molar-refractivity contribution in [1.82, 2.24) is 15.2 Å². The quantitative estimate of drug-likeness (QED) is 0.647. The molecule has 4 rings (SSSR count). The highest BCUT2D eigenvalue weighted by Crippen LogP contribution is 2.33. The molecule has 0 spiro atoms. The average molecular weight is 379 g/mol. The zero-order chi connectivity index (χ0) is 19.2. The van der Waals surface area contributed by atoms with Gasteiger partial charge in [-0.3, -0.25) is 0 Å². The molecule has 28 heavy (non-hydrogen) atoms. The van der Waals surface area contributed by atoms with Gasteiger partial charge in [-0.25, -0.2) is 0 Å². The molecule has 1 aromatic heterocycles. The van der Waals surface area contributed by atoms with E-state index in [0.29, 0.717) is 37.3 Å². The van der Waals surface area contributed by atoms with E-state index in [1.807, 2.05) is 42.5 Å². The fourth-order valence-corrected chi connectivity index (χ4v) is 2.93. The van der Waals surface area contributed by atoms with Crippen LogP contribution in [-0.4, -0.2) is 42.0 Å². The summed E-state index contributed by atoms with van der Waals surface area (Å²) in [4.78, 5) is 4.45. The molecule has 144 valence electrons. The van der Waals surface area contributed by atoms with Crippen LogP contribution in [0.25, 0.3) is 0 Å². The van der Waals surface area contributed by atoms with Crippen molar-refractivity contribution in [3.63, 3.8) is 0 Å². The van der Waals surface area contributed by atoms with E-state index in [9.17, 15) is 0 Å². The Morgan fingerprint density at radius 2 is 1.93 bits per heavy atom. The molecule has 0 fully saturated rings. The number of anilines is 3. The van der Waals surface area contributed by atoms with Crippen LogP contribution in [0.2, 0.25) is 0 Å². The molecule has 0 radical (unpaired) electrons. The van der Waals surface area contributed by atoms with Gasteiger partial charge in [-0.1, -0.05) is 18.2 Å². The number of para-hydroxylation sites is 1. The highest BCUT2D eigenvalue weighted by atomic mass is 16.6. The molecule has 8 nitrogen and oxygen atoms in total. The first-order valence-electron chi connectivity index (χ1n) is 9.04. The van der Waals surface area contributed by atoms with Gasteiger partial charge in [-0.05, 0) is 30.2 Å². The lowest BCUT2D eigenvalue weighted by molar-refractivity contribution is 0.171. The fraction of sp³-hybridized carbons (Fsp3) is 0.250. The second-order valence-electron chi connectivity index (χ2n) is 6.14. The molecule has 0 atom stereocenters. The first-order valence-corrected chi connectivity index (χ1v) is 9.04. The number of benzene rings is 2. The predicted octanol–water partition coefficient (Wildman–Crippen LogP) is 3.05. The van der Waals surface area contributed by atoms with Crippen molar-refractivity contribution in [3.8, 4) is 17.2 Å². The van der Waals surface area contributed by atoms with Gasteiger partial charge in [0.1, 0.15) is 19.0 Å². The van der Waals surface area contributed by atoms with E-state index >= 15 is 0 Å². The van der Waals surface area contributed by atoms with Crippen LogP contribution >= 0.6 is 0 Å². The van der Waals surface area contributed by atoms with Crippen molar-refractivity contribution < 1.29 is 14.2 Å². The lowest BCUT2D eigenvalue weighted by atomic mass is 10.1. The summed E-state index contributed by atoms with van der Waals surface area (Å²) in [6.07, 6.45) is 2.36. The summed E-state index contributed by atoms with van der Waals surface area (Å²) in [5.41, 5.74) is 1.96. The van der Waals surface area contributed by atoms with Crippen LogP contribution in [0.4, 0.5) is 17.5 Å². The SMILES string of the molecule is COc1ccccc1CCNc1nncc(Nc2ccc3c(c2)OCCO3)n1. The number of hydrogen-bond acceptors (Lipinski definition) is 8. The van der Waals surface area contributed by atoms with Gasteiger partial charge in [0.2, 0.25) is 5.95 Å². The number of nitrogens with one attached hydrogen (secondary N) is 2. The summed E-state index contributed by atoms with van der Waals surface area (Å²) < 4.78 is 16.5. The molecule has 2 N–H and O–H groups in total. The van der Waals surface area contributed by atoms with E-state index in [4.69, 9.17) is 14.2 Å². The van der Waals surface area contributed by atoms with Crippen LogP contribution in [0.15, 0.2) is 48.7 Å². The largest absolute Gasteiger partial charge is 0.496 e. The molecule has 2 aromatic carbocycles. The molecular formula is C20H21N5O3. The van der Waals surface area contributed by atoms with Crippen LogP contribution in [-0.2, 0) is 6.42 Å². The molecular weight excluding hydrogens is 358 g/mol. The molecule has 2 heterocycles. The van der Waals surface area contributed by atoms with Crippen LogP contribution < -0.4 is 24.8 Å². The average Bonchev–Trinajstić information content (AvgIpc) is 2.74. The van der Waals surface area contributed by atoms with E-state index in [1.165, 1.54) is 0 Å². The molecule has 0 saturated carbocycles. The number of aromatic nitrogens is 3. The number of methoxy groups -OCH3 is 1. The molecule has 8 heteroatoms. The van der Waals surface area contributed by atoms with Gasteiger partial charge < -0.3 is 24.8 Å². The second kappa shape index (κ2) is 8.43. The molecule has 0 unspecified atom stereocenters. The van der Waals surface area contributed by atoms with Crippen molar-refractivity contribution in [1.29, 1.82) is 0 Å². The van der Waals surface area contributed by atoms with Crippen LogP contribution in [0.3, 0.4) is 0 Å². The number of fused-ring (bicyclic) bond motifs is 1. The Balaban J connectivity index is 1.38. The predicted molar refractivity (Wildman–Crippen MR) is 106 cm³/mol. The van der Waals surface area contributed by atoms with Crippen molar-refractivity contribution >= 4 is 17.5 Å². The third-order valence-electron chi connectivity index (χ3n) is 4.24. The lowest BCUT2D eigenvalue weighted by Gasteiger charge is -2.19. The van der Waals surface area contributed by atoms with Crippen LogP contribution in [0.5, 0.6) is 17.2 Å².